The Balaban J connectivity index is 2.14. The number of aryl methyl sites for hydroxylation is 1. The molecule has 1 heterocycles. The first-order chi connectivity index (χ1) is 8.58. The van der Waals surface area contributed by atoms with Crippen molar-refractivity contribution in [2.24, 2.45) is 5.73 Å². The Morgan fingerprint density at radius 1 is 1.44 bits per heavy atom. The summed E-state index contributed by atoms with van der Waals surface area (Å²) < 4.78 is 0.924. The van der Waals surface area contributed by atoms with Crippen LogP contribution in [-0.2, 0) is 4.79 Å². The zero-order valence-corrected chi connectivity index (χ0v) is 12.2. The van der Waals surface area contributed by atoms with Crippen molar-refractivity contribution >= 4 is 38.9 Å². The lowest BCUT2D eigenvalue weighted by molar-refractivity contribution is -0.117. The number of thiophene rings is 1. The van der Waals surface area contributed by atoms with Crippen molar-refractivity contribution < 1.29 is 4.79 Å². The van der Waals surface area contributed by atoms with E-state index in [1.807, 2.05) is 42.6 Å². The Morgan fingerprint density at radius 2 is 2.22 bits per heavy atom. The SMILES string of the molecule is Cc1ccc(Br)cc1NC(=O)C(N)c1cccs1. The molecule has 2 rings (SSSR count). The number of anilines is 1. The van der Waals surface area contributed by atoms with Crippen LogP contribution in [0.2, 0.25) is 0 Å². The highest BCUT2D eigenvalue weighted by molar-refractivity contribution is 9.10. The average Bonchev–Trinajstić information content (AvgIpc) is 2.86. The number of benzene rings is 1. The van der Waals surface area contributed by atoms with Crippen LogP contribution in [0, 0.1) is 6.92 Å². The minimum atomic E-state index is -0.622. The van der Waals surface area contributed by atoms with Gasteiger partial charge in [-0.1, -0.05) is 28.1 Å². The standard InChI is InChI=1S/C13H13BrN2OS/c1-8-4-5-9(14)7-10(8)16-13(17)12(15)11-3-2-6-18-11/h2-7,12H,15H2,1H3,(H,16,17). The van der Waals surface area contributed by atoms with Crippen LogP contribution in [0.4, 0.5) is 5.69 Å². The Bertz CT molecular complexity index is 554. The van der Waals surface area contributed by atoms with E-state index in [1.54, 1.807) is 0 Å². The summed E-state index contributed by atoms with van der Waals surface area (Å²) in [5.41, 5.74) is 7.69. The van der Waals surface area contributed by atoms with Crippen molar-refractivity contribution in [3.8, 4) is 0 Å². The summed E-state index contributed by atoms with van der Waals surface area (Å²) >= 11 is 4.86. The third-order valence-electron chi connectivity index (χ3n) is 2.59. The van der Waals surface area contributed by atoms with Crippen LogP contribution in [0.1, 0.15) is 16.5 Å². The fraction of sp³-hybridized carbons (Fsp3) is 0.154. The first kappa shape index (κ1) is 13.3. The van der Waals surface area contributed by atoms with Gasteiger partial charge in [-0.2, -0.15) is 0 Å². The van der Waals surface area contributed by atoms with Crippen LogP contribution < -0.4 is 11.1 Å². The molecule has 0 saturated heterocycles. The van der Waals surface area contributed by atoms with Gasteiger partial charge in [-0.3, -0.25) is 4.79 Å². The largest absolute Gasteiger partial charge is 0.324 e. The molecule has 1 atom stereocenters. The van der Waals surface area contributed by atoms with Gasteiger partial charge in [0.25, 0.3) is 0 Å². The highest BCUT2D eigenvalue weighted by Gasteiger charge is 2.17. The molecule has 0 aliphatic heterocycles. The smallest absolute Gasteiger partial charge is 0.246 e. The molecule has 0 aliphatic carbocycles. The van der Waals surface area contributed by atoms with E-state index in [0.717, 1.165) is 20.6 Å². The molecular weight excluding hydrogens is 312 g/mol. The lowest BCUT2D eigenvalue weighted by Gasteiger charge is -2.12. The summed E-state index contributed by atoms with van der Waals surface area (Å²) in [6, 6.07) is 8.87. The van der Waals surface area contributed by atoms with Gasteiger partial charge < -0.3 is 11.1 Å². The zero-order valence-electron chi connectivity index (χ0n) is 9.81. The normalized spacial score (nSPS) is 12.2. The van der Waals surface area contributed by atoms with E-state index in [4.69, 9.17) is 5.73 Å². The van der Waals surface area contributed by atoms with E-state index in [9.17, 15) is 4.79 Å². The Hall–Kier alpha value is -1.17. The molecule has 3 nitrogen and oxygen atoms in total. The van der Waals surface area contributed by atoms with E-state index in [-0.39, 0.29) is 5.91 Å². The van der Waals surface area contributed by atoms with Crippen LogP contribution in [0.3, 0.4) is 0 Å². The maximum atomic E-state index is 12.0. The topological polar surface area (TPSA) is 55.1 Å². The molecule has 3 N–H and O–H groups in total. The molecule has 1 aromatic heterocycles. The fourth-order valence-electron chi connectivity index (χ4n) is 1.54. The van der Waals surface area contributed by atoms with Gasteiger partial charge in [0.1, 0.15) is 6.04 Å². The van der Waals surface area contributed by atoms with Crippen LogP contribution in [0.15, 0.2) is 40.2 Å². The summed E-state index contributed by atoms with van der Waals surface area (Å²) in [7, 11) is 0. The monoisotopic (exact) mass is 324 g/mol. The summed E-state index contributed by atoms with van der Waals surface area (Å²) in [5, 5.41) is 4.76. The second-order valence-electron chi connectivity index (χ2n) is 3.94. The molecule has 0 fully saturated rings. The van der Waals surface area contributed by atoms with Gasteiger partial charge in [-0.15, -0.1) is 11.3 Å². The Morgan fingerprint density at radius 3 is 2.89 bits per heavy atom. The highest BCUT2D eigenvalue weighted by Crippen LogP contribution is 2.23. The number of carbonyl (C=O) groups is 1. The van der Waals surface area contributed by atoms with Crippen molar-refractivity contribution in [3.05, 3.63) is 50.6 Å². The molecule has 0 bridgehead atoms. The third kappa shape index (κ3) is 2.98. The minimum Gasteiger partial charge on any atom is -0.324 e. The quantitative estimate of drug-likeness (QED) is 0.908. The number of carbonyl (C=O) groups excluding carboxylic acids is 1. The fourth-order valence-corrected chi connectivity index (χ4v) is 2.62. The van der Waals surface area contributed by atoms with Gasteiger partial charge >= 0.3 is 0 Å². The first-order valence-electron chi connectivity index (χ1n) is 5.44. The molecule has 0 spiro atoms. The summed E-state index contributed by atoms with van der Waals surface area (Å²) in [5.74, 6) is -0.196. The summed E-state index contributed by atoms with van der Waals surface area (Å²) in [4.78, 5) is 12.9. The third-order valence-corrected chi connectivity index (χ3v) is 4.04. The number of nitrogens with one attached hydrogen (secondary N) is 1. The van der Waals surface area contributed by atoms with E-state index < -0.39 is 6.04 Å². The lowest BCUT2D eigenvalue weighted by Crippen LogP contribution is -2.27. The van der Waals surface area contributed by atoms with Gasteiger partial charge in [-0.05, 0) is 36.1 Å². The predicted octanol–water partition coefficient (Wildman–Crippen LogP) is 3.46. The number of rotatable bonds is 3. The maximum Gasteiger partial charge on any atom is 0.246 e. The molecule has 5 heteroatoms. The molecule has 1 unspecified atom stereocenters. The molecular formula is C13H13BrN2OS. The lowest BCUT2D eigenvalue weighted by atomic mass is 10.2. The first-order valence-corrected chi connectivity index (χ1v) is 7.11. The van der Waals surface area contributed by atoms with Gasteiger partial charge in [0, 0.05) is 15.0 Å². The number of hydrogen-bond acceptors (Lipinski definition) is 3. The molecule has 94 valence electrons. The van der Waals surface area contributed by atoms with E-state index in [2.05, 4.69) is 21.2 Å². The van der Waals surface area contributed by atoms with E-state index in [1.165, 1.54) is 11.3 Å². The molecule has 18 heavy (non-hydrogen) atoms. The van der Waals surface area contributed by atoms with Crippen molar-refractivity contribution in [1.29, 1.82) is 0 Å². The van der Waals surface area contributed by atoms with Crippen LogP contribution in [0.25, 0.3) is 0 Å². The molecule has 1 aromatic carbocycles. The predicted molar refractivity (Wildman–Crippen MR) is 78.8 cm³/mol. The number of halogens is 1. The zero-order chi connectivity index (χ0) is 13.1. The van der Waals surface area contributed by atoms with E-state index in [0.29, 0.717) is 0 Å². The van der Waals surface area contributed by atoms with Gasteiger partial charge in [-0.25, -0.2) is 0 Å². The van der Waals surface area contributed by atoms with Crippen LogP contribution in [-0.4, -0.2) is 5.91 Å². The van der Waals surface area contributed by atoms with Crippen molar-refractivity contribution in [2.75, 3.05) is 5.32 Å². The van der Waals surface area contributed by atoms with Crippen molar-refractivity contribution in [1.82, 2.24) is 0 Å². The highest BCUT2D eigenvalue weighted by atomic mass is 79.9. The van der Waals surface area contributed by atoms with Gasteiger partial charge in [0.15, 0.2) is 0 Å². The number of nitrogens with two attached hydrogens (primary N) is 1. The van der Waals surface area contributed by atoms with Crippen molar-refractivity contribution in [2.45, 2.75) is 13.0 Å². The van der Waals surface area contributed by atoms with E-state index >= 15 is 0 Å². The van der Waals surface area contributed by atoms with Crippen LogP contribution in [0.5, 0.6) is 0 Å². The molecule has 0 aliphatic rings. The summed E-state index contributed by atoms with van der Waals surface area (Å²) in [6.45, 7) is 1.94. The maximum absolute atomic E-state index is 12.0. The van der Waals surface area contributed by atoms with Gasteiger partial charge in [0.2, 0.25) is 5.91 Å². The minimum absolute atomic E-state index is 0.196. The number of amides is 1. The molecule has 1 amide bonds. The Kier molecular flexibility index (Phi) is 4.16. The summed E-state index contributed by atoms with van der Waals surface area (Å²) in [6.07, 6.45) is 0. The van der Waals surface area contributed by atoms with Crippen LogP contribution >= 0.6 is 27.3 Å². The second kappa shape index (κ2) is 5.65. The number of hydrogen-bond donors (Lipinski definition) is 2. The molecule has 2 aromatic rings. The Labute approximate surface area is 118 Å². The second-order valence-corrected chi connectivity index (χ2v) is 5.84. The van der Waals surface area contributed by atoms with Gasteiger partial charge in [0.05, 0.1) is 0 Å². The average molecular weight is 325 g/mol. The molecule has 0 radical (unpaired) electrons. The molecule has 0 saturated carbocycles. The van der Waals surface area contributed by atoms with Crippen molar-refractivity contribution in [3.63, 3.8) is 0 Å².